The van der Waals surface area contributed by atoms with E-state index in [1.54, 1.807) is 12.1 Å². The topological polar surface area (TPSA) is 95.6 Å². The number of aliphatic imine (C=N–C) groups is 1. The first kappa shape index (κ1) is 24.9. The van der Waals surface area contributed by atoms with Crippen molar-refractivity contribution < 1.29 is 9.63 Å². The van der Waals surface area contributed by atoms with Gasteiger partial charge in [0.15, 0.2) is 5.96 Å². The van der Waals surface area contributed by atoms with Gasteiger partial charge in [-0.3, -0.25) is 0 Å². The van der Waals surface area contributed by atoms with Crippen molar-refractivity contribution in [1.29, 1.82) is 0 Å². The minimum Gasteiger partial charge on any atom is -0.396 e. The third-order valence-corrected chi connectivity index (χ3v) is 5.73. The van der Waals surface area contributed by atoms with E-state index in [2.05, 4.69) is 25.8 Å². The molecule has 1 aromatic heterocycles. The highest BCUT2D eigenvalue weighted by molar-refractivity contribution is 14.0. The summed E-state index contributed by atoms with van der Waals surface area (Å²) in [5.41, 5.74) is 0.997. The Balaban J connectivity index is 0.00000320. The highest BCUT2D eigenvalue weighted by atomic mass is 127. The van der Waals surface area contributed by atoms with E-state index in [4.69, 9.17) is 16.1 Å². The number of aromatic nitrogens is 2. The van der Waals surface area contributed by atoms with E-state index in [1.807, 2.05) is 19.1 Å². The van der Waals surface area contributed by atoms with Crippen molar-refractivity contribution in [3.63, 3.8) is 0 Å². The molecule has 1 aliphatic rings. The Morgan fingerprint density at radius 3 is 2.60 bits per heavy atom. The molecule has 0 radical (unpaired) electrons. The van der Waals surface area contributed by atoms with Gasteiger partial charge in [-0.2, -0.15) is 4.98 Å². The summed E-state index contributed by atoms with van der Waals surface area (Å²) in [5, 5.41) is 20.9. The van der Waals surface area contributed by atoms with Crippen LogP contribution in [0.15, 0.2) is 33.8 Å². The molecule has 1 saturated carbocycles. The number of aliphatic hydroxyl groups is 1. The van der Waals surface area contributed by atoms with E-state index >= 15 is 0 Å². The van der Waals surface area contributed by atoms with Crippen molar-refractivity contribution in [2.75, 3.05) is 19.7 Å². The van der Waals surface area contributed by atoms with Crippen molar-refractivity contribution in [3.05, 3.63) is 35.2 Å². The van der Waals surface area contributed by atoms with Crippen LogP contribution in [-0.2, 0) is 6.54 Å². The Bertz CT molecular complexity index is 785. The fourth-order valence-corrected chi connectivity index (χ4v) is 3.98. The summed E-state index contributed by atoms with van der Waals surface area (Å²) in [5.74, 6) is 1.70. The van der Waals surface area contributed by atoms with E-state index in [0.717, 1.165) is 43.9 Å². The summed E-state index contributed by atoms with van der Waals surface area (Å²) in [6.07, 6.45) is 6.86. The minimum absolute atomic E-state index is 0. The average molecular weight is 548 g/mol. The van der Waals surface area contributed by atoms with Gasteiger partial charge in [-0.25, -0.2) is 4.99 Å². The van der Waals surface area contributed by atoms with Gasteiger partial charge in [-0.15, -0.1) is 24.0 Å². The van der Waals surface area contributed by atoms with Crippen LogP contribution >= 0.6 is 35.6 Å². The van der Waals surface area contributed by atoms with Crippen LogP contribution in [0.2, 0.25) is 5.02 Å². The van der Waals surface area contributed by atoms with Gasteiger partial charge in [0.25, 0.3) is 0 Å². The quantitative estimate of drug-likeness (QED) is 0.258. The summed E-state index contributed by atoms with van der Waals surface area (Å²) < 4.78 is 5.34. The number of benzene rings is 1. The van der Waals surface area contributed by atoms with Gasteiger partial charge in [0, 0.05) is 30.3 Å². The Morgan fingerprint density at radius 1 is 1.20 bits per heavy atom. The Morgan fingerprint density at radius 2 is 1.93 bits per heavy atom. The van der Waals surface area contributed by atoms with Crippen LogP contribution in [0, 0.1) is 5.41 Å². The molecule has 1 fully saturated rings. The molecule has 1 heterocycles. The van der Waals surface area contributed by atoms with Crippen LogP contribution in [0.4, 0.5) is 0 Å². The molecule has 3 rings (SSSR count). The van der Waals surface area contributed by atoms with Crippen molar-refractivity contribution in [2.45, 2.75) is 52.0 Å². The molecule has 0 bridgehead atoms. The number of rotatable bonds is 8. The second-order valence-corrected chi connectivity index (χ2v) is 8.04. The number of aliphatic hydroxyl groups excluding tert-OH is 1. The molecule has 1 aromatic carbocycles. The third kappa shape index (κ3) is 7.09. The molecular weight excluding hydrogens is 517 g/mol. The van der Waals surface area contributed by atoms with Gasteiger partial charge in [0.05, 0.1) is 0 Å². The number of hydrogen-bond acceptors (Lipinski definition) is 5. The van der Waals surface area contributed by atoms with Gasteiger partial charge in [0.2, 0.25) is 11.7 Å². The lowest BCUT2D eigenvalue weighted by molar-refractivity contribution is 0.131. The summed E-state index contributed by atoms with van der Waals surface area (Å²) in [6.45, 7) is 4.12. The van der Waals surface area contributed by atoms with E-state index in [0.29, 0.717) is 23.3 Å². The van der Waals surface area contributed by atoms with E-state index in [1.165, 1.54) is 19.3 Å². The maximum absolute atomic E-state index is 9.51. The standard InChI is InChI=1S/C21H30ClN5O2.HI/c1-2-23-20(25-15-21(12-13-28)10-4-3-5-11-21)24-14-18-26-19(27-29-18)16-6-8-17(22)9-7-16;/h6-9,28H,2-5,10-15H2,1H3,(H2,23,24,25);1H. The number of halogens is 2. The number of guanidine groups is 1. The van der Waals surface area contributed by atoms with Crippen LogP contribution < -0.4 is 10.6 Å². The van der Waals surface area contributed by atoms with Gasteiger partial charge < -0.3 is 20.3 Å². The lowest BCUT2D eigenvalue weighted by Crippen LogP contribution is -2.44. The first-order valence-corrected chi connectivity index (χ1v) is 10.7. The lowest BCUT2D eigenvalue weighted by Gasteiger charge is -2.37. The molecule has 0 aliphatic heterocycles. The van der Waals surface area contributed by atoms with Crippen molar-refractivity contribution in [3.8, 4) is 11.4 Å². The zero-order valence-electron chi connectivity index (χ0n) is 17.4. The maximum atomic E-state index is 9.51. The first-order valence-electron chi connectivity index (χ1n) is 10.4. The molecule has 3 N–H and O–H groups in total. The van der Waals surface area contributed by atoms with Gasteiger partial charge in [-0.05, 0) is 55.9 Å². The predicted octanol–water partition coefficient (Wildman–Crippen LogP) is 4.40. The zero-order valence-corrected chi connectivity index (χ0v) is 20.5. The maximum Gasteiger partial charge on any atom is 0.248 e. The first-order chi connectivity index (χ1) is 14.1. The van der Waals surface area contributed by atoms with Gasteiger partial charge >= 0.3 is 0 Å². The Hall–Kier alpha value is -1.39. The zero-order chi connectivity index (χ0) is 20.5. The molecule has 9 heteroatoms. The van der Waals surface area contributed by atoms with Crippen LogP contribution in [0.5, 0.6) is 0 Å². The lowest BCUT2D eigenvalue weighted by atomic mass is 9.72. The smallest absolute Gasteiger partial charge is 0.248 e. The molecule has 166 valence electrons. The monoisotopic (exact) mass is 547 g/mol. The summed E-state index contributed by atoms with van der Waals surface area (Å²) in [7, 11) is 0. The van der Waals surface area contributed by atoms with Gasteiger partial charge in [-0.1, -0.05) is 36.0 Å². The average Bonchev–Trinajstić information content (AvgIpc) is 3.21. The highest BCUT2D eigenvalue weighted by Crippen LogP contribution is 2.38. The summed E-state index contributed by atoms with van der Waals surface area (Å²) in [6, 6.07) is 7.31. The molecule has 2 aromatic rings. The third-order valence-electron chi connectivity index (χ3n) is 5.47. The molecular formula is C21H31ClIN5O2. The van der Waals surface area contributed by atoms with E-state index in [-0.39, 0.29) is 36.0 Å². The molecule has 7 nitrogen and oxygen atoms in total. The molecule has 0 atom stereocenters. The van der Waals surface area contributed by atoms with Crippen LogP contribution in [0.1, 0.15) is 51.3 Å². The molecule has 0 saturated heterocycles. The number of hydrogen-bond donors (Lipinski definition) is 3. The van der Waals surface area contributed by atoms with Crippen molar-refractivity contribution in [1.82, 2.24) is 20.8 Å². The Labute approximate surface area is 200 Å². The largest absolute Gasteiger partial charge is 0.396 e. The van der Waals surface area contributed by atoms with Crippen molar-refractivity contribution in [2.24, 2.45) is 10.4 Å². The van der Waals surface area contributed by atoms with Crippen LogP contribution in [-0.4, -0.2) is 40.9 Å². The second kappa shape index (κ2) is 12.5. The second-order valence-electron chi connectivity index (χ2n) is 7.60. The summed E-state index contributed by atoms with van der Waals surface area (Å²) in [4.78, 5) is 9.01. The van der Waals surface area contributed by atoms with Crippen LogP contribution in [0.3, 0.4) is 0 Å². The summed E-state index contributed by atoms with van der Waals surface area (Å²) >= 11 is 5.92. The minimum atomic E-state index is 0. The number of nitrogens with zero attached hydrogens (tertiary/aromatic N) is 3. The molecule has 1 aliphatic carbocycles. The van der Waals surface area contributed by atoms with Gasteiger partial charge in [0.1, 0.15) is 6.54 Å². The van der Waals surface area contributed by atoms with Crippen LogP contribution in [0.25, 0.3) is 11.4 Å². The molecule has 30 heavy (non-hydrogen) atoms. The molecule has 0 unspecified atom stereocenters. The van der Waals surface area contributed by atoms with E-state index < -0.39 is 0 Å². The number of nitrogens with one attached hydrogen (secondary N) is 2. The Kier molecular flexibility index (Phi) is 10.3. The fourth-order valence-electron chi connectivity index (χ4n) is 3.85. The normalized spacial score (nSPS) is 16.0. The highest BCUT2D eigenvalue weighted by Gasteiger charge is 2.31. The molecule has 0 spiro atoms. The fraction of sp³-hybridized carbons (Fsp3) is 0.571. The van der Waals surface area contributed by atoms with E-state index in [9.17, 15) is 5.11 Å². The predicted molar refractivity (Wildman–Crippen MR) is 130 cm³/mol. The van der Waals surface area contributed by atoms with Crippen molar-refractivity contribution >= 4 is 41.5 Å². The SMILES string of the molecule is CCNC(=NCc1nc(-c2ccc(Cl)cc2)no1)NCC1(CCO)CCCCC1.I. The molecule has 0 amide bonds.